The van der Waals surface area contributed by atoms with Gasteiger partial charge in [0.2, 0.25) is 0 Å². The molecule has 12 heteroatoms. The van der Waals surface area contributed by atoms with Crippen molar-refractivity contribution < 1.29 is 37.6 Å². The molecule has 1 aliphatic rings. The van der Waals surface area contributed by atoms with Gasteiger partial charge in [0, 0.05) is 66.9 Å². The van der Waals surface area contributed by atoms with E-state index in [4.69, 9.17) is 28.4 Å². The minimum absolute atomic E-state index is 0.0281. The first-order chi connectivity index (χ1) is 23.9. The molecule has 0 saturated carbocycles. The van der Waals surface area contributed by atoms with Gasteiger partial charge < -0.3 is 33.7 Å². The molecular formula is C37H37FN4O7. The number of pyridine rings is 2. The quantitative estimate of drug-likeness (QED) is 0.138. The molecule has 0 aliphatic carbocycles. The highest BCUT2D eigenvalue weighted by molar-refractivity contribution is 6.03. The van der Waals surface area contributed by atoms with Crippen LogP contribution >= 0.6 is 0 Å². The lowest BCUT2D eigenvalue weighted by molar-refractivity contribution is 0.0357. The molecule has 1 saturated heterocycles. The van der Waals surface area contributed by atoms with Crippen molar-refractivity contribution in [3.05, 3.63) is 90.6 Å². The smallest absolute Gasteiger partial charge is 0.274 e. The van der Waals surface area contributed by atoms with Gasteiger partial charge in [-0.3, -0.25) is 19.7 Å². The fourth-order valence-electron chi connectivity index (χ4n) is 5.52. The maximum atomic E-state index is 15.3. The molecule has 0 radical (unpaired) electrons. The molecular weight excluding hydrogens is 631 g/mol. The van der Waals surface area contributed by atoms with Crippen molar-refractivity contribution in [2.24, 2.45) is 0 Å². The number of carbonyl (C=O) groups is 1. The Morgan fingerprint density at radius 2 is 1.65 bits per heavy atom. The highest BCUT2D eigenvalue weighted by Gasteiger charge is 2.17. The van der Waals surface area contributed by atoms with E-state index in [0.717, 1.165) is 50.4 Å². The Morgan fingerprint density at radius 3 is 2.43 bits per heavy atom. The van der Waals surface area contributed by atoms with Crippen LogP contribution in [0.4, 0.5) is 10.1 Å². The lowest BCUT2D eigenvalue weighted by Gasteiger charge is -2.26. The van der Waals surface area contributed by atoms with Crippen molar-refractivity contribution in [2.75, 3.05) is 66.1 Å². The van der Waals surface area contributed by atoms with Gasteiger partial charge in [0.15, 0.2) is 23.1 Å². The number of hydrogen-bond acceptors (Lipinski definition) is 10. The van der Waals surface area contributed by atoms with Crippen molar-refractivity contribution in [1.82, 2.24) is 14.9 Å². The number of fused-ring (bicyclic) bond motifs is 1. The molecule has 1 amide bonds. The van der Waals surface area contributed by atoms with E-state index in [0.29, 0.717) is 46.3 Å². The molecule has 0 spiro atoms. The first-order valence-electron chi connectivity index (χ1n) is 15.8. The number of nitrogens with zero attached hydrogens (tertiary/aromatic N) is 3. The topological polar surface area (TPSA) is 114 Å². The summed E-state index contributed by atoms with van der Waals surface area (Å²) in [5, 5.41) is 3.33. The highest BCUT2D eigenvalue weighted by atomic mass is 19.1. The van der Waals surface area contributed by atoms with E-state index in [1.165, 1.54) is 18.3 Å². The summed E-state index contributed by atoms with van der Waals surface area (Å²) in [7, 11) is 4.70. The summed E-state index contributed by atoms with van der Waals surface area (Å²) < 4.78 is 49.2. The molecule has 11 nitrogen and oxygen atoms in total. The van der Waals surface area contributed by atoms with Gasteiger partial charge in [-0.05, 0) is 60.5 Å². The monoisotopic (exact) mass is 668 g/mol. The van der Waals surface area contributed by atoms with Crippen molar-refractivity contribution in [1.29, 1.82) is 0 Å². The number of halogens is 1. The van der Waals surface area contributed by atoms with Gasteiger partial charge in [-0.25, -0.2) is 4.39 Å². The second-order valence-corrected chi connectivity index (χ2v) is 11.2. The summed E-state index contributed by atoms with van der Waals surface area (Å²) in [5.74, 6) is 1.48. The molecule has 0 bridgehead atoms. The van der Waals surface area contributed by atoms with Gasteiger partial charge in [0.25, 0.3) is 5.91 Å². The molecule has 254 valence electrons. The minimum Gasteiger partial charge on any atom is -0.497 e. The lowest BCUT2D eigenvalue weighted by Crippen LogP contribution is -2.37. The van der Waals surface area contributed by atoms with E-state index in [9.17, 15) is 4.79 Å². The van der Waals surface area contributed by atoms with Gasteiger partial charge in [-0.1, -0.05) is 0 Å². The zero-order valence-corrected chi connectivity index (χ0v) is 27.5. The van der Waals surface area contributed by atoms with Crippen LogP contribution in [0.1, 0.15) is 16.9 Å². The van der Waals surface area contributed by atoms with Crippen LogP contribution in [0.5, 0.6) is 34.5 Å². The van der Waals surface area contributed by atoms with E-state index in [1.54, 1.807) is 76.1 Å². The number of rotatable bonds is 13. The number of aromatic nitrogens is 2. The Morgan fingerprint density at radius 1 is 0.837 bits per heavy atom. The third-order valence-corrected chi connectivity index (χ3v) is 8.09. The predicted octanol–water partition coefficient (Wildman–Crippen LogP) is 6.61. The maximum absolute atomic E-state index is 15.3. The van der Waals surface area contributed by atoms with Gasteiger partial charge in [-0.15, -0.1) is 0 Å². The largest absolute Gasteiger partial charge is 0.497 e. The van der Waals surface area contributed by atoms with E-state index in [-0.39, 0.29) is 17.1 Å². The summed E-state index contributed by atoms with van der Waals surface area (Å²) in [4.78, 5) is 24.1. The highest BCUT2D eigenvalue weighted by Crippen LogP contribution is 2.38. The summed E-state index contributed by atoms with van der Waals surface area (Å²) >= 11 is 0. The van der Waals surface area contributed by atoms with Crippen molar-refractivity contribution >= 4 is 22.5 Å². The summed E-state index contributed by atoms with van der Waals surface area (Å²) in [6, 6.07) is 18.2. The second kappa shape index (κ2) is 15.6. The molecule has 1 N–H and O–H groups in total. The van der Waals surface area contributed by atoms with Crippen LogP contribution in [-0.4, -0.2) is 81.6 Å². The van der Waals surface area contributed by atoms with Crippen LogP contribution in [0.2, 0.25) is 0 Å². The van der Waals surface area contributed by atoms with Crippen LogP contribution in [0.15, 0.2) is 79.1 Å². The minimum atomic E-state index is -0.667. The van der Waals surface area contributed by atoms with Crippen molar-refractivity contribution in [3.63, 3.8) is 0 Å². The Kier molecular flexibility index (Phi) is 10.7. The Hall–Kier alpha value is -5.46. The van der Waals surface area contributed by atoms with Gasteiger partial charge in [-0.2, -0.15) is 0 Å². The molecule has 49 heavy (non-hydrogen) atoms. The number of ether oxygens (including phenoxy) is 6. The van der Waals surface area contributed by atoms with Crippen LogP contribution in [0.3, 0.4) is 0 Å². The van der Waals surface area contributed by atoms with Gasteiger partial charge >= 0.3 is 0 Å². The Bertz CT molecular complexity index is 1930. The number of amides is 1. The number of methoxy groups -OCH3 is 3. The van der Waals surface area contributed by atoms with Crippen LogP contribution in [0, 0.1) is 5.82 Å². The lowest BCUT2D eigenvalue weighted by atomic mass is 10.0. The average molecular weight is 669 g/mol. The normalized spacial score (nSPS) is 13.1. The number of morpholine rings is 1. The van der Waals surface area contributed by atoms with Crippen molar-refractivity contribution in [2.45, 2.75) is 6.42 Å². The number of nitrogens with one attached hydrogen (secondary N) is 1. The number of carbonyl (C=O) groups excluding carboxylic acids is 1. The maximum Gasteiger partial charge on any atom is 0.274 e. The molecule has 3 heterocycles. The fraction of sp³-hybridized carbons (Fsp3) is 0.270. The van der Waals surface area contributed by atoms with Crippen LogP contribution < -0.4 is 29.0 Å². The second-order valence-electron chi connectivity index (χ2n) is 11.2. The van der Waals surface area contributed by atoms with E-state index >= 15 is 4.39 Å². The zero-order valence-electron chi connectivity index (χ0n) is 27.5. The Balaban J connectivity index is 1.13. The molecule has 6 rings (SSSR count). The molecule has 0 atom stereocenters. The molecule has 5 aromatic rings. The number of hydrogen-bond donors (Lipinski definition) is 1. The summed E-state index contributed by atoms with van der Waals surface area (Å²) in [6.45, 7) is 4.82. The summed E-state index contributed by atoms with van der Waals surface area (Å²) in [6.07, 6.45) is 3.97. The molecule has 3 aromatic carbocycles. The number of anilines is 1. The Labute approximate surface area is 283 Å². The average Bonchev–Trinajstić information content (AvgIpc) is 3.14. The van der Waals surface area contributed by atoms with E-state index in [2.05, 4.69) is 20.2 Å². The fourth-order valence-corrected chi connectivity index (χ4v) is 5.52. The van der Waals surface area contributed by atoms with Crippen molar-refractivity contribution in [3.8, 4) is 45.6 Å². The first kappa shape index (κ1) is 33.4. The molecule has 1 fully saturated rings. The van der Waals surface area contributed by atoms with Crippen LogP contribution in [0.25, 0.3) is 22.0 Å². The van der Waals surface area contributed by atoms with E-state index in [1.807, 2.05) is 6.07 Å². The molecule has 2 aromatic heterocycles. The number of benzene rings is 3. The zero-order chi connectivity index (χ0) is 34.2. The SMILES string of the molecule is COc1ccc(-c2ccnc(C(=O)Nc3ccc(Oc4ccnc5cc(OCCCN6CCOCC6)c(OC)cc45)c(F)c3)c2)c(OC)c1. The standard InChI is InChI=1S/C37H37FN4O7/c1-44-26-6-7-27(34(21-26)45-2)24-9-11-40-31(19-24)37(43)41-25-5-8-33(29(38)20-25)49-32-10-12-39-30-23-36(35(46-3)22-28(30)32)48-16-4-13-42-14-17-47-18-15-42/h5-12,19-23H,4,13-18H2,1-3H3,(H,41,43). The third kappa shape index (κ3) is 7.99. The van der Waals surface area contributed by atoms with Crippen LogP contribution in [-0.2, 0) is 4.74 Å². The van der Waals surface area contributed by atoms with Gasteiger partial charge in [0.05, 0.1) is 46.7 Å². The third-order valence-electron chi connectivity index (χ3n) is 8.09. The summed E-state index contributed by atoms with van der Waals surface area (Å²) in [5.41, 5.74) is 2.47. The van der Waals surface area contributed by atoms with E-state index < -0.39 is 11.7 Å². The first-order valence-corrected chi connectivity index (χ1v) is 15.8. The molecule has 1 aliphatic heterocycles. The molecule has 0 unspecified atom stereocenters. The predicted molar refractivity (Wildman–Crippen MR) is 183 cm³/mol. The van der Waals surface area contributed by atoms with Gasteiger partial charge in [0.1, 0.15) is 22.9 Å².